The fraction of sp³-hybridized carbons (Fsp3) is 1.00. The summed E-state index contributed by atoms with van der Waals surface area (Å²) >= 11 is 0. The maximum absolute atomic E-state index is 5.64. The average Bonchev–Trinajstić information content (AvgIpc) is 2.00. The monoisotopic (exact) mass is 215 g/mol. The smallest absolute Gasteiger partial charge is 0.0599 e. The lowest BCUT2D eigenvalue weighted by Crippen LogP contribution is -2.36. The molecule has 0 aromatic heterocycles. The molecule has 0 bridgehead atoms. The highest BCUT2D eigenvalue weighted by Crippen LogP contribution is 2.24. The Labute approximate surface area is 95.8 Å². The van der Waals surface area contributed by atoms with Gasteiger partial charge < -0.3 is 10.1 Å². The molecule has 92 valence electrons. The summed E-state index contributed by atoms with van der Waals surface area (Å²) in [5.41, 5.74) is 0.344. The zero-order valence-electron chi connectivity index (χ0n) is 11.6. The van der Waals surface area contributed by atoms with Gasteiger partial charge in [0, 0.05) is 13.1 Å². The highest BCUT2D eigenvalue weighted by molar-refractivity contribution is 4.74. The van der Waals surface area contributed by atoms with Crippen molar-refractivity contribution < 1.29 is 4.74 Å². The molecule has 0 saturated carbocycles. The molecular weight excluding hydrogens is 186 g/mol. The van der Waals surface area contributed by atoms with Crippen LogP contribution in [0.1, 0.15) is 48.5 Å². The maximum Gasteiger partial charge on any atom is 0.0599 e. The van der Waals surface area contributed by atoms with Crippen LogP contribution in [0.3, 0.4) is 0 Å². The fourth-order valence-corrected chi connectivity index (χ4v) is 1.04. The first-order chi connectivity index (χ1) is 6.65. The summed E-state index contributed by atoms with van der Waals surface area (Å²) in [4.78, 5) is 0. The van der Waals surface area contributed by atoms with E-state index < -0.39 is 0 Å². The molecule has 0 amide bonds. The summed E-state index contributed by atoms with van der Waals surface area (Å²) in [5.74, 6) is 0.702. The molecule has 0 aliphatic carbocycles. The summed E-state index contributed by atoms with van der Waals surface area (Å²) in [6, 6.07) is 0. The minimum Gasteiger partial charge on any atom is -0.375 e. The quantitative estimate of drug-likeness (QED) is 0.688. The minimum atomic E-state index is -0.0186. The van der Waals surface area contributed by atoms with E-state index in [1.807, 2.05) is 0 Å². The number of hydrogen-bond acceptors (Lipinski definition) is 2. The predicted octanol–water partition coefficient (Wildman–Crippen LogP) is 3.07. The molecule has 0 atom stereocenters. The molecule has 0 aromatic rings. The Morgan fingerprint density at radius 2 is 1.60 bits per heavy atom. The Balaban J connectivity index is 3.55. The third kappa shape index (κ3) is 7.80. The highest BCUT2D eigenvalue weighted by atomic mass is 16.5. The second-order valence-electron chi connectivity index (χ2n) is 6.28. The number of nitrogens with one attached hydrogen (secondary N) is 1. The molecule has 0 aliphatic rings. The summed E-state index contributed by atoms with van der Waals surface area (Å²) in [7, 11) is 0. The zero-order chi connectivity index (χ0) is 12.1. The van der Waals surface area contributed by atoms with Crippen molar-refractivity contribution in [2.24, 2.45) is 11.3 Å². The van der Waals surface area contributed by atoms with Crippen LogP contribution in [0.25, 0.3) is 0 Å². The van der Waals surface area contributed by atoms with Crippen molar-refractivity contribution in [1.29, 1.82) is 0 Å². The van der Waals surface area contributed by atoms with Crippen LogP contribution in [-0.4, -0.2) is 25.3 Å². The zero-order valence-corrected chi connectivity index (χ0v) is 11.6. The van der Waals surface area contributed by atoms with E-state index in [4.69, 9.17) is 4.74 Å². The topological polar surface area (TPSA) is 21.3 Å². The van der Waals surface area contributed by atoms with E-state index in [-0.39, 0.29) is 5.60 Å². The van der Waals surface area contributed by atoms with E-state index >= 15 is 0 Å². The fourth-order valence-electron chi connectivity index (χ4n) is 1.04. The standard InChI is InChI=1S/C13H29NO/c1-11(2)13(6,7)10-14-8-9-15-12(3,4)5/h11,14H,8-10H2,1-7H3. The molecule has 0 heterocycles. The van der Waals surface area contributed by atoms with Crippen molar-refractivity contribution in [3.05, 3.63) is 0 Å². The van der Waals surface area contributed by atoms with Gasteiger partial charge in [-0.15, -0.1) is 0 Å². The molecule has 2 nitrogen and oxygen atoms in total. The Bertz CT molecular complexity index is 168. The number of hydrogen-bond donors (Lipinski definition) is 1. The third-order valence-electron chi connectivity index (χ3n) is 2.96. The number of ether oxygens (including phenoxy) is 1. The molecule has 15 heavy (non-hydrogen) atoms. The Morgan fingerprint density at radius 1 is 1.07 bits per heavy atom. The van der Waals surface area contributed by atoms with Gasteiger partial charge in [-0.3, -0.25) is 0 Å². The van der Waals surface area contributed by atoms with Crippen LogP contribution < -0.4 is 5.32 Å². The van der Waals surface area contributed by atoms with E-state index in [0.717, 1.165) is 19.7 Å². The van der Waals surface area contributed by atoms with Gasteiger partial charge in [0.05, 0.1) is 12.2 Å². The lowest BCUT2D eigenvalue weighted by atomic mass is 9.81. The summed E-state index contributed by atoms with van der Waals surface area (Å²) in [6.07, 6.45) is 0. The van der Waals surface area contributed by atoms with Crippen LogP contribution in [-0.2, 0) is 4.74 Å². The maximum atomic E-state index is 5.64. The van der Waals surface area contributed by atoms with Gasteiger partial charge in [-0.25, -0.2) is 0 Å². The van der Waals surface area contributed by atoms with Crippen molar-refractivity contribution in [2.75, 3.05) is 19.7 Å². The molecule has 0 aromatic carbocycles. The average molecular weight is 215 g/mol. The second-order valence-corrected chi connectivity index (χ2v) is 6.28. The van der Waals surface area contributed by atoms with E-state index in [1.165, 1.54) is 0 Å². The second kappa shape index (κ2) is 5.86. The molecular formula is C13H29NO. The highest BCUT2D eigenvalue weighted by Gasteiger charge is 2.21. The third-order valence-corrected chi connectivity index (χ3v) is 2.96. The van der Waals surface area contributed by atoms with Gasteiger partial charge in [0.1, 0.15) is 0 Å². The normalized spacial score (nSPS) is 13.6. The van der Waals surface area contributed by atoms with Crippen LogP contribution >= 0.6 is 0 Å². The molecule has 0 aliphatic heterocycles. The summed E-state index contributed by atoms with van der Waals surface area (Å²) in [6.45, 7) is 18.2. The van der Waals surface area contributed by atoms with Crippen molar-refractivity contribution in [2.45, 2.75) is 54.1 Å². The molecule has 1 N–H and O–H groups in total. The van der Waals surface area contributed by atoms with E-state index in [0.29, 0.717) is 11.3 Å². The first kappa shape index (κ1) is 14.9. The molecule has 0 spiro atoms. The van der Waals surface area contributed by atoms with Crippen molar-refractivity contribution in [1.82, 2.24) is 5.32 Å². The SMILES string of the molecule is CC(C)C(C)(C)CNCCOC(C)(C)C. The molecule has 0 radical (unpaired) electrons. The van der Waals surface area contributed by atoms with Crippen molar-refractivity contribution >= 4 is 0 Å². The minimum absolute atomic E-state index is 0.0186. The first-order valence-corrected chi connectivity index (χ1v) is 6.00. The molecule has 2 heteroatoms. The predicted molar refractivity (Wildman–Crippen MR) is 67.2 cm³/mol. The van der Waals surface area contributed by atoms with Crippen LogP contribution in [0.5, 0.6) is 0 Å². The Kier molecular flexibility index (Phi) is 5.82. The van der Waals surface area contributed by atoms with Gasteiger partial charge in [0.2, 0.25) is 0 Å². The van der Waals surface area contributed by atoms with E-state index in [2.05, 4.69) is 53.8 Å². The summed E-state index contributed by atoms with van der Waals surface area (Å²) in [5, 5.41) is 3.45. The van der Waals surface area contributed by atoms with Crippen LogP contribution in [0.2, 0.25) is 0 Å². The van der Waals surface area contributed by atoms with Gasteiger partial charge in [-0.05, 0) is 32.1 Å². The van der Waals surface area contributed by atoms with Gasteiger partial charge in [0.15, 0.2) is 0 Å². The Hall–Kier alpha value is -0.0800. The van der Waals surface area contributed by atoms with Crippen molar-refractivity contribution in [3.63, 3.8) is 0 Å². The first-order valence-electron chi connectivity index (χ1n) is 6.00. The summed E-state index contributed by atoms with van der Waals surface area (Å²) < 4.78 is 5.64. The van der Waals surface area contributed by atoms with Gasteiger partial charge in [-0.1, -0.05) is 27.7 Å². The lowest BCUT2D eigenvalue weighted by Gasteiger charge is -2.29. The van der Waals surface area contributed by atoms with Gasteiger partial charge >= 0.3 is 0 Å². The Morgan fingerprint density at radius 3 is 2.00 bits per heavy atom. The molecule has 0 fully saturated rings. The molecule has 0 unspecified atom stereocenters. The van der Waals surface area contributed by atoms with E-state index in [9.17, 15) is 0 Å². The largest absolute Gasteiger partial charge is 0.375 e. The van der Waals surface area contributed by atoms with Gasteiger partial charge in [0.25, 0.3) is 0 Å². The number of rotatable bonds is 6. The van der Waals surface area contributed by atoms with E-state index in [1.54, 1.807) is 0 Å². The lowest BCUT2D eigenvalue weighted by molar-refractivity contribution is -0.00166. The van der Waals surface area contributed by atoms with Crippen LogP contribution in [0.4, 0.5) is 0 Å². The molecule has 0 saturated heterocycles. The van der Waals surface area contributed by atoms with Crippen molar-refractivity contribution in [3.8, 4) is 0 Å². The van der Waals surface area contributed by atoms with Gasteiger partial charge in [-0.2, -0.15) is 0 Å². The van der Waals surface area contributed by atoms with Crippen LogP contribution in [0, 0.1) is 11.3 Å². The van der Waals surface area contributed by atoms with Crippen LogP contribution in [0.15, 0.2) is 0 Å². The molecule has 0 rings (SSSR count).